The van der Waals surface area contributed by atoms with E-state index in [2.05, 4.69) is 47.7 Å². The van der Waals surface area contributed by atoms with Crippen LogP contribution in [0.2, 0.25) is 0 Å². The molecule has 1 aliphatic heterocycles. The second kappa shape index (κ2) is 7.05. The van der Waals surface area contributed by atoms with Gasteiger partial charge in [0.1, 0.15) is 0 Å². The number of benzene rings is 1. The average Bonchev–Trinajstić information content (AvgIpc) is 2.46. The highest BCUT2D eigenvalue weighted by molar-refractivity contribution is 7.98. The second-order valence-electron chi connectivity index (χ2n) is 4.91. The van der Waals surface area contributed by atoms with Gasteiger partial charge < -0.3 is 10.2 Å². The number of piperidine rings is 1. The zero-order chi connectivity index (χ0) is 12.8. The van der Waals surface area contributed by atoms with Gasteiger partial charge in [-0.25, -0.2) is 0 Å². The zero-order valence-corrected chi connectivity index (χ0v) is 12.3. The third-order valence-corrected chi connectivity index (χ3v) is 4.36. The first-order chi connectivity index (χ1) is 8.83. The molecule has 2 rings (SSSR count). The summed E-state index contributed by atoms with van der Waals surface area (Å²) in [5.74, 6) is 0. The van der Waals surface area contributed by atoms with Gasteiger partial charge in [-0.2, -0.15) is 0 Å². The molecule has 3 heteroatoms. The van der Waals surface area contributed by atoms with Crippen LogP contribution >= 0.6 is 11.8 Å². The van der Waals surface area contributed by atoms with E-state index in [4.69, 9.17) is 0 Å². The van der Waals surface area contributed by atoms with Crippen LogP contribution in [0.4, 0.5) is 5.69 Å². The van der Waals surface area contributed by atoms with Crippen molar-refractivity contribution in [1.82, 2.24) is 5.32 Å². The van der Waals surface area contributed by atoms with E-state index in [0.29, 0.717) is 0 Å². The van der Waals surface area contributed by atoms with Crippen molar-refractivity contribution in [1.29, 1.82) is 0 Å². The van der Waals surface area contributed by atoms with Crippen molar-refractivity contribution in [2.24, 2.45) is 0 Å². The summed E-state index contributed by atoms with van der Waals surface area (Å²) in [6.45, 7) is 5.75. The minimum atomic E-state index is 0.728. The first-order valence-corrected chi connectivity index (χ1v) is 8.18. The molecule has 1 aromatic rings. The molecule has 1 heterocycles. The SMILES string of the molecule is CCCNC1CCN(c2ccc(SC)cc2)CC1. The summed E-state index contributed by atoms with van der Waals surface area (Å²) in [5.41, 5.74) is 1.38. The Hall–Kier alpha value is -0.670. The third-order valence-electron chi connectivity index (χ3n) is 3.62. The Balaban J connectivity index is 1.84. The van der Waals surface area contributed by atoms with Crippen molar-refractivity contribution in [3.05, 3.63) is 24.3 Å². The standard InChI is InChI=1S/C15H24N2S/c1-3-10-16-13-8-11-17(12-9-13)14-4-6-15(18-2)7-5-14/h4-7,13,16H,3,8-12H2,1-2H3. The first-order valence-electron chi connectivity index (χ1n) is 6.96. The molecule has 1 aromatic carbocycles. The Morgan fingerprint density at radius 2 is 1.89 bits per heavy atom. The highest BCUT2D eigenvalue weighted by Crippen LogP contribution is 2.23. The van der Waals surface area contributed by atoms with E-state index in [9.17, 15) is 0 Å². The third kappa shape index (κ3) is 3.66. The number of nitrogens with one attached hydrogen (secondary N) is 1. The predicted molar refractivity (Wildman–Crippen MR) is 81.8 cm³/mol. The molecule has 1 saturated heterocycles. The summed E-state index contributed by atoms with van der Waals surface area (Å²) in [7, 11) is 0. The van der Waals surface area contributed by atoms with Gasteiger partial charge in [0, 0.05) is 29.7 Å². The number of rotatable bonds is 5. The van der Waals surface area contributed by atoms with E-state index >= 15 is 0 Å². The van der Waals surface area contributed by atoms with Crippen LogP contribution in [0.5, 0.6) is 0 Å². The zero-order valence-electron chi connectivity index (χ0n) is 11.5. The maximum absolute atomic E-state index is 3.63. The summed E-state index contributed by atoms with van der Waals surface area (Å²) >= 11 is 1.81. The van der Waals surface area contributed by atoms with Crippen LogP contribution in [-0.2, 0) is 0 Å². The number of anilines is 1. The molecule has 2 nitrogen and oxygen atoms in total. The maximum Gasteiger partial charge on any atom is 0.0366 e. The molecule has 1 N–H and O–H groups in total. The fourth-order valence-electron chi connectivity index (χ4n) is 2.48. The van der Waals surface area contributed by atoms with E-state index in [0.717, 1.165) is 12.6 Å². The van der Waals surface area contributed by atoms with Crippen LogP contribution in [-0.4, -0.2) is 31.9 Å². The van der Waals surface area contributed by atoms with Gasteiger partial charge in [0.05, 0.1) is 0 Å². The number of hydrogen-bond donors (Lipinski definition) is 1. The highest BCUT2D eigenvalue weighted by atomic mass is 32.2. The summed E-state index contributed by atoms with van der Waals surface area (Å²) < 4.78 is 0. The number of hydrogen-bond acceptors (Lipinski definition) is 3. The van der Waals surface area contributed by atoms with Crippen molar-refractivity contribution >= 4 is 17.4 Å². The molecule has 0 atom stereocenters. The summed E-state index contributed by atoms with van der Waals surface area (Å²) in [6, 6.07) is 9.69. The van der Waals surface area contributed by atoms with E-state index in [1.54, 1.807) is 11.8 Å². The van der Waals surface area contributed by atoms with Crippen LogP contribution < -0.4 is 10.2 Å². The van der Waals surface area contributed by atoms with Crippen molar-refractivity contribution < 1.29 is 0 Å². The average molecular weight is 264 g/mol. The van der Waals surface area contributed by atoms with Gasteiger partial charge in [0.15, 0.2) is 0 Å². The molecule has 0 amide bonds. The van der Waals surface area contributed by atoms with Gasteiger partial charge in [-0.05, 0) is 56.3 Å². The summed E-state index contributed by atoms with van der Waals surface area (Å²) in [6.07, 6.45) is 5.89. The first kappa shape index (κ1) is 13.8. The van der Waals surface area contributed by atoms with Crippen molar-refractivity contribution in [3.63, 3.8) is 0 Å². The van der Waals surface area contributed by atoms with Crippen LogP contribution in [0.25, 0.3) is 0 Å². The summed E-state index contributed by atoms with van der Waals surface area (Å²) in [4.78, 5) is 3.85. The fourth-order valence-corrected chi connectivity index (χ4v) is 2.89. The smallest absolute Gasteiger partial charge is 0.0366 e. The molecule has 0 spiro atoms. The predicted octanol–water partition coefficient (Wildman–Crippen LogP) is 3.38. The molecule has 0 saturated carbocycles. The largest absolute Gasteiger partial charge is 0.371 e. The maximum atomic E-state index is 3.63. The normalized spacial score (nSPS) is 17.1. The van der Waals surface area contributed by atoms with Crippen molar-refractivity contribution in [3.8, 4) is 0 Å². The quantitative estimate of drug-likeness (QED) is 0.821. The monoisotopic (exact) mass is 264 g/mol. The van der Waals surface area contributed by atoms with Gasteiger partial charge >= 0.3 is 0 Å². The topological polar surface area (TPSA) is 15.3 Å². The Morgan fingerprint density at radius 1 is 1.22 bits per heavy atom. The summed E-state index contributed by atoms with van der Waals surface area (Å²) in [5, 5.41) is 3.63. The highest BCUT2D eigenvalue weighted by Gasteiger charge is 2.18. The Bertz CT molecular complexity index is 342. The Morgan fingerprint density at radius 3 is 2.44 bits per heavy atom. The lowest BCUT2D eigenvalue weighted by molar-refractivity contribution is 0.416. The second-order valence-corrected chi connectivity index (χ2v) is 5.79. The van der Waals surface area contributed by atoms with Crippen LogP contribution in [0, 0.1) is 0 Å². The Labute approximate surface area is 115 Å². The van der Waals surface area contributed by atoms with E-state index in [1.807, 2.05) is 0 Å². The minimum absolute atomic E-state index is 0.728. The van der Waals surface area contributed by atoms with Gasteiger partial charge in [0.25, 0.3) is 0 Å². The number of thioether (sulfide) groups is 1. The molecule has 0 bridgehead atoms. The molecule has 1 fully saturated rings. The van der Waals surface area contributed by atoms with Crippen molar-refractivity contribution in [2.75, 3.05) is 30.8 Å². The molecular formula is C15H24N2S. The van der Waals surface area contributed by atoms with Crippen LogP contribution in [0.1, 0.15) is 26.2 Å². The molecule has 0 unspecified atom stereocenters. The molecule has 100 valence electrons. The minimum Gasteiger partial charge on any atom is -0.371 e. The lowest BCUT2D eigenvalue weighted by Crippen LogP contribution is -2.42. The van der Waals surface area contributed by atoms with Crippen LogP contribution in [0.3, 0.4) is 0 Å². The molecule has 0 aliphatic carbocycles. The fraction of sp³-hybridized carbons (Fsp3) is 0.600. The molecule has 1 aliphatic rings. The van der Waals surface area contributed by atoms with Crippen LogP contribution in [0.15, 0.2) is 29.2 Å². The van der Waals surface area contributed by atoms with Gasteiger partial charge in [0.2, 0.25) is 0 Å². The van der Waals surface area contributed by atoms with Gasteiger partial charge in [-0.1, -0.05) is 6.92 Å². The molecular weight excluding hydrogens is 240 g/mol. The number of nitrogens with zero attached hydrogens (tertiary/aromatic N) is 1. The van der Waals surface area contributed by atoms with E-state index in [-0.39, 0.29) is 0 Å². The Kier molecular flexibility index (Phi) is 5.39. The molecule has 18 heavy (non-hydrogen) atoms. The molecule has 0 aromatic heterocycles. The lowest BCUT2D eigenvalue weighted by atomic mass is 10.0. The van der Waals surface area contributed by atoms with Gasteiger partial charge in [-0.15, -0.1) is 11.8 Å². The van der Waals surface area contributed by atoms with Crippen molar-refractivity contribution in [2.45, 2.75) is 37.1 Å². The van der Waals surface area contributed by atoms with E-state index < -0.39 is 0 Å². The molecule has 0 radical (unpaired) electrons. The lowest BCUT2D eigenvalue weighted by Gasteiger charge is -2.34. The van der Waals surface area contributed by atoms with Gasteiger partial charge in [-0.3, -0.25) is 0 Å². The van der Waals surface area contributed by atoms with E-state index in [1.165, 1.54) is 42.9 Å².